The molecule has 6 nitrogen and oxygen atoms in total. The Balaban J connectivity index is 1.50. The lowest BCUT2D eigenvalue weighted by molar-refractivity contribution is 0.0927. The summed E-state index contributed by atoms with van der Waals surface area (Å²) in [5, 5.41) is 7.18. The standard InChI is InChI=1S/C17H24N4O2/c1-13-16(10-19-20(13)2)17(22)18-9-14-5-3-7-21(11-14)12-15-6-4-8-23-15/h4,6,8,10,14H,3,5,7,9,11-12H2,1-2H3,(H,18,22)/t14-/m1/s1. The quantitative estimate of drug-likeness (QED) is 0.916. The van der Waals surface area contributed by atoms with Crippen molar-refractivity contribution >= 4 is 5.91 Å². The fraction of sp³-hybridized carbons (Fsp3) is 0.529. The first-order chi connectivity index (χ1) is 11.1. The zero-order chi connectivity index (χ0) is 16.2. The van der Waals surface area contributed by atoms with Gasteiger partial charge in [0.15, 0.2) is 0 Å². The van der Waals surface area contributed by atoms with Crippen LogP contribution in [-0.2, 0) is 13.6 Å². The highest BCUT2D eigenvalue weighted by atomic mass is 16.3. The van der Waals surface area contributed by atoms with E-state index in [9.17, 15) is 4.79 Å². The van der Waals surface area contributed by atoms with Crippen molar-refractivity contribution < 1.29 is 9.21 Å². The zero-order valence-corrected chi connectivity index (χ0v) is 13.8. The topological polar surface area (TPSA) is 63.3 Å². The Hall–Kier alpha value is -2.08. The van der Waals surface area contributed by atoms with Crippen LogP contribution in [0.4, 0.5) is 0 Å². The van der Waals surface area contributed by atoms with Crippen molar-refractivity contribution in [2.24, 2.45) is 13.0 Å². The predicted molar refractivity (Wildman–Crippen MR) is 87.0 cm³/mol. The third-order valence-corrected chi connectivity index (χ3v) is 4.59. The molecule has 6 heteroatoms. The molecule has 2 aromatic rings. The van der Waals surface area contributed by atoms with Crippen molar-refractivity contribution in [3.63, 3.8) is 0 Å². The van der Waals surface area contributed by atoms with E-state index in [1.54, 1.807) is 17.1 Å². The van der Waals surface area contributed by atoms with E-state index >= 15 is 0 Å². The number of nitrogens with one attached hydrogen (secondary N) is 1. The van der Waals surface area contributed by atoms with Crippen LogP contribution in [0, 0.1) is 12.8 Å². The third-order valence-electron chi connectivity index (χ3n) is 4.59. The Morgan fingerprint density at radius 1 is 1.52 bits per heavy atom. The number of aromatic nitrogens is 2. The van der Waals surface area contributed by atoms with Crippen LogP contribution in [0.1, 0.15) is 34.7 Å². The van der Waals surface area contributed by atoms with Gasteiger partial charge in [-0.3, -0.25) is 14.4 Å². The van der Waals surface area contributed by atoms with E-state index in [0.717, 1.165) is 43.9 Å². The molecule has 0 spiro atoms. The molecule has 1 amide bonds. The van der Waals surface area contributed by atoms with Crippen LogP contribution in [-0.4, -0.2) is 40.2 Å². The van der Waals surface area contributed by atoms with E-state index in [2.05, 4.69) is 15.3 Å². The van der Waals surface area contributed by atoms with E-state index in [1.807, 2.05) is 26.1 Å². The first kappa shape index (κ1) is 15.8. The lowest BCUT2D eigenvalue weighted by atomic mass is 9.97. The highest BCUT2D eigenvalue weighted by Gasteiger charge is 2.22. The molecule has 1 atom stereocenters. The average molecular weight is 316 g/mol. The Bertz CT molecular complexity index is 648. The van der Waals surface area contributed by atoms with E-state index < -0.39 is 0 Å². The second-order valence-electron chi connectivity index (χ2n) is 6.30. The highest BCUT2D eigenvalue weighted by molar-refractivity contribution is 5.95. The Morgan fingerprint density at radius 2 is 2.39 bits per heavy atom. The molecule has 23 heavy (non-hydrogen) atoms. The summed E-state index contributed by atoms with van der Waals surface area (Å²) in [6, 6.07) is 3.93. The Labute approximate surface area is 136 Å². The molecular formula is C17H24N4O2. The van der Waals surface area contributed by atoms with Crippen molar-refractivity contribution in [1.82, 2.24) is 20.0 Å². The third kappa shape index (κ3) is 3.82. The molecule has 1 N–H and O–H groups in total. The second-order valence-corrected chi connectivity index (χ2v) is 6.30. The van der Waals surface area contributed by atoms with Gasteiger partial charge in [-0.2, -0.15) is 5.10 Å². The van der Waals surface area contributed by atoms with Gasteiger partial charge in [-0.1, -0.05) is 0 Å². The molecule has 3 rings (SSSR count). The monoisotopic (exact) mass is 316 g/mol. The molecule has 1 saturated heterocycles. The number of aryl methyl sites for hydroxylation is 1. The van der Waals surface area contributed by atoms with E-state index in [-0.39, 0.29) is 5.91 Å². The number of hydrogen-bond donors (Lipinski definition) is 1. The van der Waals surface area contributed by atoms with E-state index in [4.69, 9.17) is 4.42 Å². The molecule has 0 unspecified atom stereocenters. The summed E-state index contributed by atoms with van der Waals surface area (Å²) < 4.78 is 7.15. The van der Waals surface area contributed by atoms with Crippen LogP contribution in [0.3, 0.4) is 0 Å². The minimum absolute atomic E-state index is 0.0289. The number of furan rings is 1. The summed E-state index contributed by atoms with van der Waals surface area (Å²) in [6.07, 6.45) is 5.66. The molecule has 1 aliphatic heterocycles. The van der Waals surface area contributed by atoms with Gasteiger partial charge in [0, 0.05) is 25.8 Å². The molecule has 0 radical (unpaired) electrons. The number of nitrogens with zero attached hydrogens (tertiary/aromatic N) is 3. The molecule has 3 heterocycles. The van der Waals surface area contributed by atoms with Gasteiger partial charge in [0.05, 0.1) is 24.6 Å². The van der Waals surface area contributed by atoms with Gasteiger partial charge in [0.25, 0.3) is 5.91 Å². The van der Waals surface area contributed by atoms with Crippen molar-refractivity contribution in [3.05, 3.63) is 41.6 Å². The van der Waals surface area contributed by atoms with Crippen LogP contribution in [0.15, 0.2) is 29.0 Å². The minimum Gasteiger partial charge on any atom is -0.468 e. The van der Waals surface area contributed by atoms with Gasteiger partial charge < -0.3 is 9.73 Å². The van der Waals surface area contributed by atoms with Crippen LogP contribution in [0.5, 0.6) is 0 Å². The van der Waals surface area contributed by atoms with Gasteiger partial charge in [0.1, 0.15) is 5.76 Å². The van der Waals surface area contributed by atoms with Gasteiger partial charge in [-0.25, -0.2) is 0 Å². The van der Waals surface area contributed by atoms with E-state index in [0.29, 0.717) is 18.0 Å². The fourth-order valence-corrected chi connectivity index (χ4v) is 3.14. The number of carbonyl (C=O) groups is 1. The molecule has 0 aliphatic carbocycles. The van der Waals surface area contributed by atoms with Crippen molar-refractivity contribution in [2.75, 3.05) is 19.6 Å². The average Bonchev–Trinajstić information content (AvgIpc) is 3.17. The second kappa shape index (κ2) is 7.00. The molecule has 1 aliphatic rings. The first-order valence-corrected chi connectivity index (χ1v) is 8.15. The van der Waals surface area contributed by atoms with Crippen molar-refractivity contribution in [3.8, 4) is 0 Å². The summed E-state index contributed by atoms with van der Waals surface area (Å²) in [4.78, 5) is 14.7. The predicted octanol–water partition coefficient (Wildman–Crippen LogP) is 1.96. The summed E-state index contributed by atoms with van der Waals surface area (Å²) in [7, 11) is 1.85. The van der Waals surface area contributed by atoms with Gasteiger partial charge in [-0.15, -0.1) is 0 Å². The number of amides is 1. The number of carbonyl (C=O) groups excluding carboxylic acids is 1. The number of piperidine rings is 1. The minimum atomic E-state index is -0.0289. The number of likely N-dealkylation sites (tertiary alicyclic amines) is 1. The normalized spacial score (nSPS) is 19.0. The molecule has 0 aromatic carbocycles. The zero-order valence-electron chi connectivity index (χ0n) is 13.8. The molecular weight excluding hydrogens is 292 g/mol. The lowest BCUT2D eigenvalue weighted by Gasteiger charge is -2.32. The number of hydrogen-bond acceptors (Lipinski definition) is 4. The first-order valence-electron chi connectivity index (χ1n) is 8.15. The van der Waals surface area contributed by atoms with Crippen LogP contribution < -0.4 is 5.32 Å². The summed E-state index contributed by atoms with van der Waals surface area (Å²) in [6.45, 7) is 5.55. The molecule has 124 valence electrons. The van der Waals surface area contributed by atoms with Crippen LogP contribution >= 0.6 is 0 Å². The molecule has 1 fully saturated rings. The summed E-state index contributed by atoms with van der Waals surface area (Å²) in [5.74, 6) is 1.46. The largest absolute Gasteiger partial charge is 0.468 e. The lowest BCUT2D eigenvalue weighted by Crippen LogP contribution is -2.40. The number of rotatable bonds is 5. The molecule has 0 saturated carbocycles. The Kier molecular flexibility index (Phi) is 4.81. The van der Waals surface area contributed by atoms with Crippen molar-refractivity contribution in [1.29, 1.82) is 0 Å². The van der Waals surface area contributed by atoms with Crippen LogP contribution in [0.2, 0.25) is 0 Å². The van der Waals surface area contributed by atoms with Gasteiger partial charge >= 0.3 is 0 Å². The maximum Gasteiger partial charge on any atom is 0.254 e. The molecule has 2 aromatic heterocycles. The highest BCUT2D eigenvalue weighted by Crippen LogP contribution is 2.18. The maximum atomic E-state index is 12.3. The SMILES string of the molecule is Cc1c(C(=O)NC[C@H]2CCCN(Cc3ccco3)C2)cnn1C. The molecule has 0 bridgehead atoms. The summed E-state index contributed by atoms with van der Waals surface area (Å²) >= 11 is 0. The maximum absolute atomic E-state index is 12.3. The van der Waals surface area contributed by atoms with Gasteiger partial charge in [-0.05, 0) is 44.4 Å². The summed E-state index contributed by atoms with van der Waals surface area (Å²) in [5.41, 5.74) is 1.56. The van der Waals surface area contributed by atoms with E-state index in [1.165, 1.54) is 0 Å². The smallest absolute Gasteiger partial charge is 0.254 e. The Morgan fingerprint density at radius 3 is 3.09 bits per heavy atom. The van der Waals surface area contributed by atoms with Crippen molar-refractivity contribution in [2.45, 2.75) is 26.3 Å². The fourth-order valence-electron chi connectivity index (χ4n) is 3.14. The van der Waals surface area contributed by atoms with Gasteiger partial charge in [0.2, 0.25) is 0 Å². The van der Waals surface area contributed by atoms with Crippen LogP contribution in [0.25, 0.3) is 0 Å².